The van der Waals surface area contributed by atoms with E-state index in [0.29, 0.717) is 11.1 Å². The fourth-order valence-electron chi connectivity index (χ4n) is 3.02. The van der Waals surface area contributed by atoms with Crippen LogP contribution in [0.25, 0.3) is 22.2 Å². The van der Waals surface area contributed by atoms with Crippen molar-refractivity contribution in [1.29, 1.82) is 10.8 Å². The predicted octanol–water partition coefficient (Wildman–Crippen LogP) is 2.32. The minimum atomic E-state index is -0.452. The van der Waals surface area contributed by atoms with Gasteiger partial charge in [0.25, 0.3) is 0 Å². The van der Waals surface area contributed by atoms with Crippen LogP contribution in [0.5, 0.6) is 0 Å². The van der Waals surface area contributed by atoms with Crippen molar-refractivity contribution in [3.05, 3.63) is 59.2 Å². The summed E-state index contributed by atoms with van der Waals surface area (Å²) in [5, 5.41) is 24.8. The van der Waals surface area contributed by atoms with E-state index in [1.807, 2.05) is 18.2 Å². The first-order valence-corrected chi connectivity index (χ1v) is 8.61. The summed E-state index contributed by atoms with van der Waals surface area (Å²) in [6.45, 7) is -0.292. The number of aromatic nitrogens is 1. The number of nitrogen functional groups attached to an aromatic ring is 2. The van der Waals surface area contributed by atoms with E-state index in [0.717, 1.165) is 27.7 Å². The lowest BCUT2D eigenvalue weighted by atomic mass is 10.0. The average molecular weight is 452 g/mol. The van der Waals surface area contributed by atoms with Gasteiger partial charge >= 0.3 is 5.97 Å². The molecule has 30 heavy (non-hydrogen) atoms. The molecule has 0 aliphatic rings. The summed E-state index contributed by atoms with van der Waals surface area (Å²) in [4.78, 5) is 15.5. The zero-order chi connectivity index (χ0) is 20.3. The first kappa shape index (κ1) is 25.0. The second-order valence-corrected chi connectivity index (χ2v) is 6.26. The van der Waals surface area contributed by atoms with E-state index in [1.165, 1.54) is 0 Å². The molecular weight excluding hydrogens is 429 g/mol. The van der Waals surface area contributed by atoms with Crippen LogP contribution in [0.4, 0.5) is 0 Å². The molecule has 0 radical (unpaired) electrons. The lowest BCUT2D eigenvalue weighted by Crippen LogP contribution is -2.12. The number of halogens is 2. The number of carbonyl (C=O) groups is 1. The molecule has 1 heterocycles. The molecule has 0 unspecified atom stereocenters. The summed E-state index contributed by atoms with van der Waals surface area (Å²) in [6, 6.07) is 12.4. The van der Waals surface area contributed by atoms with Crippen LogP contribution < -0.4 is 11.5 Å². The molecule has 0 atom stereocenters. The number of carbonyl (C=O) groups excluding carboxylic acids is 1. The van der Waals surface area contributed by atoms with Crippen LogP contribution in [0, 0.1) is 10.8 Å². The van der Waals surface area contributed by atoms with Gasteiger partial charge in [-0.05, 0) is 17.2 Å². The third kappa shape index (κ3) is 5.29. The number of nitrogens with two attached hydrogens (primary N) is 2. The van der Waals surface area contributed by atoms with Crippen LogP contribution in [0.1, 0.15) is 16.7 Å². The van der Waals surface area contributed by atoms with Crippen LogP contribution in [-0.4, -0.2) is 40.9 Å². The summed E-state index contributed by atoms with van der Waals surface area (Å²) in [7, 11) is 0. The Morgan fingerprint density at radius 1 is 1.00 bits per heavy atom. The maximum Gasteiger partial charge on any atom is 0.310 e. The standard InChI is InChI=1S/C20H21N5O3.2ClH/c21-19(22)12-3-1-11(2-4-12)18-15(10-17(27)28-8-7-26)14-6-5-13(20(23)24)9-16(14)25-18;;/h1-6,9,25-26H,7-8,10H2,(H3,21,22)(H3,23,24);2*1H. The number of fused-ring (bicyclic) bond motifs is 1. The number of hydrogen-bond acceptors (Lipinski definition) is 5. The number of esters is 1. The van der Waals surface area contributed by atoms with E-state index in [1.54, 1.807) is 24.3 Å². The van der Waals surface area contributed by atoms with Crippen molar-refractivity contribution in [3.8, 4) is 11.3 Å². The quantitative estimate of drug-likeness (QED) is 0.184. The molecule has 8 nitrogen and oxygen atoms in total. The first-order valence-electron chi connectivity index (χ1n) is 8.61. The van der Waals surface area contributed by atoms with Gasteiger partial charge in [0.15, 0.2) is 0 Å². The Morgan fingerprint density at radius 3 is 2.17 bits per heavy atom. The Balaban J connectivity index is 0.00000225. The predicted molar refractivity (Wildman–Crippen MR) is 122 cm³/mol. The molecule has 0 aliphatic heterocycles. The fourth-order valence-corrected chi connectivity index (χ4v) is 3.02. The monoisotopic (exact) mass is 451 g/mol. The zero-order valence-corrected chi connectivity index (χ0v) is 17.5. The van der Waals surface area contributed by atoms with Gasteiger partial charge in [-0.2, -0.15) is 0 Å². The van der Waals surface area contributed by atoms with Crippen LogP contribution in [0.2, 0.25) is 0 Å². The van der Waals surface area contributed by atoms with Crippen molar-refractivity contribution in [2.75, 3.05) is 13.2 Å². The van der Waals surface area contributed by atoms with Crippen LogP contribution >= 0.6 is 24.8 Å². The van der Waals surface area contributed by atoms with Gasteiger partial charge in [0, 0.05) is 22.0 Å². The largest absolute Gasteiger partial charge is 0.463 e. The molecule has 0 amide bonds. The van der Waals surface area contributed by atoms with Gasteiger partial charge in [0.2, 0.25) is 0 Å². The number of aliphatic hydroxyl groups is 1. The van der Waals surface area contributed by atoms with Crippen LogP contribution in [0.15, 0.2) is 42.5 Å². The van der Waals surface area contributed by atoms with Gasteiger partial charge < -0.3 is 26.3 Å². The number of nitrogens with one attached hydrogen (secondary N) is 3. The SMILES string of the molecule is Cl.Cl.N=C(N)c1ccc(-c2[nH]c3cc(C(=N)N)ccc3c2CC(=O)OCCO)cc1. The van der Waals surface area contributed by atoms with Crippen molar-refractivity contribution in [2.45, 2.75) is 6.42 Å². The first-order chi connectivity index (χ1) is 13.4. The smallest absolute Gasteiger partial charge is 0.310 e. The molecule has 8 N–H and O–H groups in total. The van der Waals surface area contributed by atoms with Crippen LogP contribution in [0.3, 0.4) is 0 Å². The second-order valence-electron chi connectivity index (χ2n) is 6.26. The Bertz CT molecular complexity index is 1060. The number of aromatic amines is 1. The molecule has 0 saturated carbocycles. The maximum absolute atomic E-state index is 12.2. The zero-order valence-electron chi connectivity index (χ0n) is 15.9. The number of amidine groups is 2. The van der Waals surface area contributed by atoms with Gasteiger partial charge in [-0.25, -0.2) is 0 Å². The Morgan fingerprint density at radius 2 is 1.60 bits per heavy atom. The van der Waals surface area contributed by atoms with Gasteiger partial charge in [0.05, 0.1) is 18.7 Å². The Labute approximate surface area is 185 Å². The summed E-state index contributed by atoms with van der Waals surface area (Å²) in [5.74, 6) is -0.526. The third-order valence-electron chi connectivity index (χ3n) is 4.38. The molecule has 0 fully saturated rings. The molecule has 1 aromatic heterocycles. The van der Waals surface area contributed by atoms with Crippen molar-refractivity contribution in [1.82, 2.24) is 4.98 Å². The van der Waals surface area contributed by atoms with E-state index < -0.39 is 5.97 Å². The van der Waals surface area contributed by atoms with E-state index >= 15 is 0 Å². The highest BCUT2D eigenvalue weighted by Gasteiger charge is 2.18. The number of H-pyrrole nitrogens is 1. The number of benzene rings is 2. The number of rotatable bonds is 7. The number of ether oxygens (including phenoxy) is 1. The molecule has 0 spiro atoms. The highest BCUT2D eigenvalue weighted by molar-refractivity contribution is 6.01. The second kappa shape index (κ2) is 10.6. The third-order valence-corrected chi connectivity index (χ3v) is 4.38. The molecule has 3 aromatic rings. The molecule has 0 aliphatic carbocycles. The van der Waals surface area contributed by atoms with E-state index in [-0.39, 0.29) is 56.1 Å². The van der Waals surface area contributed by atoms with E-state index in [9.17, 15) is 4.79 Å². The lowest BCUT2D eigenvalue weighted by molar-refractivity contribution is -0.143. The number of aliphatic hydroxyl groups excluding tert-OH is 1. The molecule has 10 heteroatoms. The number of hydrogen-bond donors (Lipinski definition) is 6. The minimum Gasteiger partial charge on any atom is -0.463 e. The molecule has 160 valence electrons. The maximum atomic E-state index is 12.2. The van der Waals surface area contributed by atoms with Crippen molar-refractivity contribution >= 4 is 53.4 Å². The highest BCUT2D eigenvalue weighted by atomic mass is 35.5. The summed E-state index contributed by atoms with van der Waals surface area (Å²) < 4.78 is 5.02. The highest BCUT2D eigenvalue weighted by Crippen LogP contribution is 2.32. The van der Waals surface area contributed by atoms with Crippen molar-refractivity contribution in [3.63, 3.8) is 0 Å². The molecule has 2 aromatic carbocycles. The lowest BCUT2D eigenvalue weighted by Gasteiger charge is -2.07. The summed E-state index contributed by atoms with van der Waals surface area (Å²) in [5.41, 5.74) is 15.3. The topological polar surface area (TPSA) is 162 Å². The average Bonchev–Trinajstić information content (AvgIpc) is 3.04. The molecule has 3 rings (SSSR count). The minimum absolute atomic E-state index is 0. The van der Waals surface area contributed by atoms with Gasteiger partial charge in [-0.1, -0.05) is 36.4 Å². The fraction of sp³-hybridized carbons (Fsp3) is 0.150. The van der Waals surface area contributed by atoms with Gasteiger partial charge in [-0.15, -0.1) is 24.8 Å². The molecular formula is C20H23Cl2N5O3. The summed E-state index contributed by atoms with van der Waals surface area (Å²) >= 11 is 0. The van der Waals surface area contributed by atoms with Gasteiger partial charge in [-0.3, -0.25) is 15.6 Å². The molecule has 0 bridgehead atoms. The van der Waals surface area contributed by atoms with E-state index in [2.05, 4.69) is 4.98 Å². The molecule has 0 saturated heterocycles. The van der Waals surface area contributed by atoms with Crippen molar-refractivity contribution < 1.29 is 14.6 Å². The van der Waals surface area contributed by atoms with E-state index in [4.69, 9.17) is 32.1 Å². The van der Waals surface area contributed by atoms with Crippen LogP contribution in [-0.2, 0) is 16.0 Å². The van der Waals surface area contributed by atoms with Crippen molar-refractivity contribution in [2.24, 2.45) is 11.5 Å². The Kier molecular flexibility index (Phi) is 8.85. The summed E-state index contributed by atoms with van der Waals surface area (Å²) in [6.07, 6.45) is 0.0171. The van der Waals surface area contributed by atoms with Gasteiger partial charge in [0.1, 0.15) is 18.3 Å². The normalized spacial score (nSPS) is 10.0. The Hall–Kier alpha value is -3.07.